The Morgan fingerprint density at radius 3 is 2.12 bits per heavy atom. The first kappa shape index (κ1) is 38.1. The van der Waals surface area contributed by atoms with Crippen molar-refractivity contribution in [2.24, 2.45) is 62.1 Å². The number of esters is 2. The predicted molar refractivity (Wildman–Crippen MR) is 190 cm³/mol. The molecule has 276 valence electrons. The van der Waals surface area contributed by atoms with Crippen LogP contribution in [0, 0.1) is 62.1 Å². The van der Waals surface area contributed by atoms with Crippen LogP contribution in [0.2, 0.25) is 0 Å². The average molecular weight is 683 g/mol. The molecule has 5 aliphatic rings. The van der Waals surface area contributed by atoms with E-state index in [2.05, 4.69) is 48.1 Å². The third-order valence-corrected chi connectivity index (χ3v) is 16.2. The van der Waals surface area contributed by atoms with Crippen LogP contribution in [0.15, 0.2) is 12.2 Å². The Balaban J connectivity index is 1.36. The van der Waals surface area contributed by atoms with E-state index in [1.54, 1.807) is 13.8 Å². The highest BCUT2D eigenvalue weighted by Gasteiger charge is 2.71. The van der Waals surface area contributed by atoms with Crippen molar-refractivity contribution in [3.8, 4) is 0 Å². The highest BCUT2D eigenvalue weighted by molar-refractivity contribution is 5.81. The summed E-state index contributed by atoms with van der Waals surface area (Å²) in [6.45, 7) is 24.3. The minimum Gasteiger partial charge on any atom is -0.481 e. The van der Waals surface area contributed by atoms with Crippen LogP contribution in [-0.2, 0) is 28.7 Å². The van der Waals surface area contributed by atoms with Crippen molar-refractivity contribution < 1.29 is 33.8 Å². The molecule has 7 heteroatoms. The Bertz CT molecular complexity index is 1350. The lowest BCUT2D eigenvalue weighted by molar-refractivity contribution is -0.251. The van der Waals surface area contributed by atoms with Gasteiger partial charge in [-0.25, -0.2) is 0 Å². The first-order chi connectivity index (χ1) is 22.6. The maximum atomic E-state index is 13.1. The van der Waals surface area contributed by atoms with Crippen LogP contribution in [0.5, 0.6) is 0 Å². The highest BCUT2D eigenvalue weighted by Crippen LogP contribution is 2.78. The minimum atomic E-state index is -1.15. The monoisotopic (exact) mass is 682 g/mol. The van der Waals surface area contributed by atoms with Crippen LogP contribution in [0.3, 0.4) is 0 Å². The van der Waals surface area contributed by atoms with Crippen LogP contribution in [0.25, 0.3) is 0 Å². The van der Waals surface area contributed by atoms with Crippen molar-refractivity contribution >= 4 is 23.7 Å². The molecular formula is C42H66O7. The third kappa shape index (κ3) is 6.34. The zero-order valence-corrected chi connectivity index (χ0v) is 32.2. The molecule has 7 nitrogen and oxygen atoms in total. The maximum Gasteiger partial charge on any atom is 0.309 e. The maximum absolute atomic E-state index is 13.1. The van der Waals surface area contributed by atoms with E-state index in [9.17, 15) is 24.3 Å². The minimum absolute atomic E-state index is 0.0198. The Kier molecular flexibility index (Phi) is 10.2. The van der Waals surface area contributed by atoms with E-state index < -0.39 is 17.4 Å². The van der Waals surface area contributed by atoms with E-state index in [4.69, 9.17) is 9.47 Å². The van der Waals surface area contributed by atoms with Crippen LogP contribution in [0.4, 0.5) is 0 Å². The molecule has 0 aromatic rings. The summed E-state index contributed by atoms with van der Waals surface area (Å²) in [5, 5.41) is 9.58. The van der Waals surface area contributed by atoms with Crippen molar-refractivity contribution in [2.75, 3.05) is 6.61 Å². The van der Waals surface area contributed by atoms with Gasteiger partial charge in [-0.2, -0.15) is 0 Å². The second-order valence-electron chi connectivity index (χ2n) is 19.4. The summed E-state index contributed by atoms with van der Waals surface area (Å²) >= 11 is 0. The van der Waals surface area contributed by atoms with Gasteiger partial charge in [-0.05, 0) is 150 Å². The van der Waals surface area contributed by atoms with Gasteiger partial charge >= 0.3 is 17.9 Å². The van der Waals surface area contributed by atoms with Gasteiger partial charge in [0.25, 0.3) is 0 Å². The van der Waals surface area contributed by atoms with Gasteiger partial charge in [-0.1, -0.05) is 46.8 Å². The van der Waals surface area contributed by atoms with E-state index >= 15 is 0 Å². The number of allylic oxidation sites excluding steroid dienone is 1. The molecule has 0 radical (unpaired) electrons. The van der Waals surface area contributed by atoms with Crippen molar-refractivity contribution in [3.05, 3.63) is 12.2 Å². The molecule has 0 aliphatic heterocycles. The van der Waals surface area contributed by atoms with Gasteiger partial charge in [-0.3, -0.25) is 14.4 Å². The molecule has 0 aromatic carbocycles. The summed E-state index contributed by atoms with van der Waals surface area (Å²) < 4.78 is 11.9. The lowest BCUT2D eigenvalue weighted by Gasteiger charge is -2.73. The smallest absolute Gasteiger partial charge is 0.309 e. The molecule has 10 atom stereocenters. The van der Waals surface area contributed by atoms with Crippen LogP contribution in [0.1, 0.15) is 152 Å². The summed E-state index contributed by atoms with van der Waals surface area (Å²) in [4.78, 5) is 48.6. The number of hydrogen-bond acceptors (Lipinski definition) is 6. The molecule has 0 unspecified atom stereocenters. The van der Waals surface area contributed by atoms with Crippen molar-refractivity contribution in [2.45, 2.75) is 158 Å². The van der Waals surface area contributed by atoms with Gasteiger partial charge in [0.05, 0.1) is 24.9 Å². The summed E-state index contributed by atoms with van der Waals surface area (Å²) in [5.41, 5.74) is 0.655. The normalized spacial score (nSPS) is 40.9. The molecule has 0 saturated heterocycles. The number of Topliss-reactive ketones (excluding diaryl/α,β-unsaturated/α-hetero) is 1. The molecule has 0 aromatic heterocycles. The number of carboxylic acid groups (broad SMARTS) is 1. The second kappa shape index (κ2) is 13.1. The van der Waals surface area contributed by atoms with E-state index in [1.807, 2.05) is 0 Å². The predicted octanol–water partition coefficient (Wildman–Crippen LogP) is 9.36. The fourth-order valence-electron chi connectivity index (χ4n) is 13.3. The van der Waals surface area contributed by atoms with Gasteiger partial charge < -0.3 is 19.4 Å². The molecule has 0 spiro atoms. The van der Waals surface area contributed by atoms with Crippen molar-refractivity contribution in [3.63, 3.8) is 0 Å². The Morgan fingerprint density at radius 2 is 1.49 bits per heavy atom. The summed E-state index contributed by atoms with van der Waals surface area (Å²) in [7, 11) is 0. The van der Waals surface area contributed by atoms with Gasteiger partial charge in [0.2, 0.25) is 0 Å². The van der Waals surface area contributed by atoms with Crippen LogP contribution in [-0.4, -0.2) is 41.5 Å². The largest absolute Gasteiger partial charge is 0.481 e. The molecular weight excluding hydrogens is 616 g/mol. The molecule has 0 amide bonds. The standard InChI is InChI=1S/C42H66O7/c1-26(2)28-15-20-42(23-24-48-33(44)14-11-27(3)43)22-21-40(9)29(35(28)42)12-13-31-39(8)18-17-32(49-34(45)25-37(4,5)36(46)47)38(6,7)30(39)16-19-41(31,40)10/h28-32,35H,1,11-25H2,2-10H3,(H,46,47)/t28-,29+,30-,31+,32-,35+,39-,40+,41+,42+/m0/s1. The van der Waals surface area contributed by atoms with Crippen LogP contribution < -0.4 is 0 Å². The van der Waals surface area contributed by atoms with Gasteiger partial charge in [-0.15, -0.1) is 0 Å². The van der Waals surface area contributed by atoms with Crippen molar-refractivity contribution in [1.82, 2.24) is 0 Å². The van der Waals surface area contributed by atoms with E-state index in [0.717, 1.165) is 32.1 Å². The average Bonchev–Trinajstić information content (AvgIpc) is 3.37. The van der Waals surface area contributed by atoms with Gasteiger partial charge in [0.1, 0.15) is 11.9 Å². The Morgan fingerprint density at radius 1 is 0.796 bits per heavy atom. The zero-order chi connectivity index (χ0) is 36.4. The number of ketones is 1. The fraction of sp³-hybridized carbons (Fsp3) is 0.857. The van der Waals surface area contributed by atoms with Crippen LogP contribution >= 0.6 is 0 Å². The van der Waals surface area contributed by atoms with E-state index in [1.165, 1.54) is 51.0 Å². The Labute approximate surface area is 296 Å². The van der Waals surface area contributed by atoms with Gasteiger partial charge in [0, 0.05) is 11.8 Å². The summed E-state index contributed by atoms with van der Waals surface area (Å²) in [5.74, 6) is 1.04. The molecule has 5 rings (SSSR count). The number of hydrogen-bond donors (Lipinski definition) is 1. The van der Waals surface area contributed by atoms with E-state index in [0.29, 0.717) is 36.2 Å². The Hall–Kier alpha value is -2.18. The molecule has 0 bridgehead atoms. The number of rotatable bonds is 11. The molecule has 49 heavy (non-hydrogen) atoms. The molecule has 1 N–H and O–H groups in total. The number of carboxylic acids is 1. The highest BCUT2D eigenvalue weighted by atomic mass is 16.5. The third-order valence-electron chi connectivity index (χ3n) is 16.2. The molecule has 0 heterocycles. The molecule has 5 saturated carbocycles. The number of aliphatic carboxylic acids is 1. The van der Waals surface area contributed by atoms with Gasteiger partial charge in [0.15, 0.2) is 0 Å². The number of ether oxygens (including phenoxy) is 2. The lowest BCUT2D eigenvalue weighted by Crippen LogP contribution is -2.66. The molecule has 5 fully saturated rings. The fourth-order valence-corrected chi connectivity index (χ4v) is 13.3. The van der Waals surface area contributed by atoms with E-state index in [-0.39, 0.29) is 64.2 Å². The number of carbonyl (C=O) groups is 4. The quantitative estimate of drug-likeness (QED) is 0.171. The first-order valence-electron chi connectivity index (χ1n) is 19.4. The second-order valence-corrected chi connectivity index (χ2v) is 19.4. The number of carbonyl (C=O) groups excluding carboxylic acids is 3. The molecule has 5 aliphatic carbocycles. The first-order valence-corrected chi connectivity index (χ1v) is 19.4. The zero-order valence-electron chi connectivity index (χ0n) is 32.2. The SMILES string of the molecule is C=C(C)[C@@H]1CC[C@]2(CCOC(=O)CCC(C)=O)CC[C@]3(C)[C@H](CC[C@@H]4[C@@]5(C)CC[C@H](OC(=O)CC(C)(C)C(=O)O)C(C)(C)[C@@H]5CC[C@]43C)[C@@H]12. The number of fused-ring (bicyclic) bond motifs is 7. The lowest BCUT2D eigenvalue weighted by atomic mass is 9.32. The topological polar surface area (TPSA) is 107 Å². The van der Waals surface area contributed by atoms with Crippen molar-refractivity contribution in [1.29, 1.82) is 0 Å². The summed E-state index contributed by atoms with van der Waals surface area (Å²) in [6.07, 6.45) is 12.3. The summed E-state index contributed by atoms with van der Waals surface area (Å²) in [6, 6.07) is 0.